The molecule has 0 bridgehead atoms. The second kappa shape index (κ2) is 6.80. The predicted octanol–water partition coefficient (Wildman–Crippen LogP) is 1.11. The Morgan fingerprint density at radius 1 is 1.50 bits per heavy atom. The zero-order chi connectivity index (χ0) is 13.5. The first-order chi connectivity index (χ1) is 8.54. The number of carbonyl (C=O) groups excluding carboxylic acids is 1. The molecule has 1 aromatic rings. The number of aromatic carboxylic acids is 1. The average molecular weight is 254 g/mol. The number of amides is 1. The fourth-order valence-electron chi connectivity index (χ4n) is 1.45. The van der Waals surface area contributed by atoms with Crippen LogP contribution in [0.4, 0.5) is 0 Å². The molecule has 0 radical (unpaired) electrons. The van der Waals surface area contributed by atoms with E-state index in [4.69, 9.17) is 15.3 Å². The second-order valence-corrected chi connectivity index (χ2v) is 4.04. The third-order valence-electron chi connectivity index (χ3n) is 2.51. The van der Waals surface area contributed by atoms with Crippen molar-refractivity contribution in [2.75, 3.05) is 0 Å². The van der Waals surface area contributed by atoms with Crippen molar-refractivity contribution in [3.63, 3.8) is 0 Å². The highest BCUT2D eigenvalue weighted by Gasteiger charge is 2.14. The maximum Gasteiger partial charge on any atom is 0.371 e. The van der Waals surface area contributed by atoms with Crippen LogP contribution in [0.15, 0.2) is 16.5 Å². The van der Waals surface area contributed by atoms with Crippen molar-refractivity contribution in [1.29, 1.82) is 0 Å². The van der Waals surface area contributed by atoms with Crippen LogP contribution in [0.1, 0.15) is 42.5 Å². The largest absolute Gasteiger partial charge is 0.475 e. The molecule has 1 aromatic heterocycles. The van der Waals surface area contributed by atoms with Gasteiger partial charge in [-0.1, -0.05) is 19.8 Å². The number of hydrogen-bond acceptors (Lipinski definition) is 4. The Bertz CT molecular complexity index is 414. The van der Waals surface area contributed by atoms with Gasteiger partial charge < -0.3 is 20.6 Å². The van der Waals surface area contributed by atoms with E-state index in [0.717, 1.165) is 12.8 Å². The average Bonchev–Trinajstić information content (AvgIpc) is 2.81. The van der Waals surface area contributed by atoms with Crippen molar-refractivity contribution in [1.82, 2.24) is 5.32 Å². The maximum absolute atomic E-state index is 11.6. The Balaban J connectivity index is 2.39. The molecule has 6 heteroatoms. The number of rotatable bonds is 7. The van der Waals surface area contributed by atoms with Crippen molar-refractivity contribution >= 4 is 11.9 Å². The molecule has 1 atom stereocenters. The molecule has 0 fully saturated rings. The van der Waals surface area contributed by atoms with Gasteiger partial charge in [0.15, 0.2) is 0 Å². The van der Waals surface area contributed by atoms with Gasteiger partial charge in [0.05, 0.1) is 12.6 Å². The quantitative estimate of drug-likeness (QED) is 0.676. The number of hydrogen-bond donors (Lipinski definition) is 3. The van der Waals surface area contributed by atoms with E-state index in [1.165, 1.54) is 12.1 Å². The summed E-state index contributed by atoms with van der Waals surface area (Å²) in [6.45, 7) is 2.17. The van der Waals surface area contributed by atoms with E-state index < -0.39 is 12.0 Å². The Morgan fingerprint density at radius 3 is 2.78 bits per heavy atom. The molecule has 0 aromatic carbocycles. The van der Waals surface area contributed by atoms with Crippen molar-refractivity contribution in [2.45, 2.75) is 38.8 Å². The first-order valence-electron chi connectivity index (χ1n) is 5.90. The summed E-state index contributed by atoms with van der Waals surface area (Å²) in [5, 5.41) is 11.3. The lowest BCUT2D eigenvalue weighted by Crippen LogP contribution is -2.40. The predicted molar refractivity (Wildman–Crippen MR) is 65.0 cm³/mol. The van der Waals surface area contributed by atoms with E-state index in [1.807, 2.05) is 6.92 Å². The zero-order valence-corrected chi connectivity index (χ0v) is 10.3. The van der Waals surface area contributed by atoms with Crippen LogP contribution in [-0.2, 0) is 11.3 Å². The van der Waals surface area contributed by atoms with E-state index in [-0.39, 0.29) is 18.2 Å². The van der Waals surface area contributed by atoms with Crippen molar-refractivity contribution < 1.29 is 19.1 Å². The molecular weight excluding hydrogens is 236 g/mol. The summed E-state index contributed by atoms with van der Waals surface area (Å²) in [4.78, 5) is 22.1. The van der Waals surface area contributed by atoms with Gasteiger partial charge in [-0.2, -0.15) is 0 Å². The number of furan rings is 1. The van der Waals surface area contributed by atoms with Gasteiger partial charge >= 0.3 is 5.97 Å². The van der Waals surface area contributed by atoms with Crippen LogP contribution >= 0.6 is 0 Å². The molecule has 18 heavy (non-hydrogen) atoms. The van der Waals surface area contributed by atoms with Crippen LogP contribution in [0, 0.1) is 0 Å². The van der Waals surface area contributed by atoms with Crippen molar-refractivity contribution in [3.05, 3.63) is 23.7 Å². The molecule has 1 amide bonds. The van der Waals surface area contributed by atoms with Gasteiger partial charge in [0.25, 0.3) is 0 Å². The number of carbonyl (C=O) groups is 2. The minimum Gasteiger partial charge on any atom is -0.475 e. The van der Waals surface area contributed by atoms with E-state index in [1.54, 1.807) is 0 Å². The van der Waals surface area contributed by atoms with Crippen LogP contribution < -0.4 is 11.1 Å². The second-order valence-electron chi connectivity index (χ2n) is 4.04. The summed E-state index contributed by atoms with van der Waals surface area (Å²) in [6.07, 6.45) is 2.53. The van der Waals surface area contributed by atoms with Gasteiger partial charge in [-0.15, -0.1) is 0 Å². The summed E-state index contributed by atoms with van der Waals surface area (Å²) < 4.78 is 5.00. The van der Waals surface area contributed by atoms with Crippen molar-refractivity contribution in [3.8, 4) is 0 Å². The highest BCUT2D eigenvalue weighted by molar-refractivity contribution is 5.84. The summed E-state index contributed by atoms with van der Waals surface area (Å²) in [6, 6.07) is 2.33. The maximum atomic E-state index is 11.6. The Labute approximate surface area is 105 Å². The number of nitrogens with one attached hydrogen (secondary N) is 1. The fourth-order valence-corrected chi connectivity index (χ4v) is 1.45. The normalized spacial score (nSPS) is 12.1. The lowest BCUT2D eigenvalue weighted by molar-refractivity contribution is -0.122. The van der Waals surface area contributed by atoms with Crippen LogP contribution in [0.3, 0.4) is 0 Å². The van der Waals surface area contributed by atoms with E-state index in [2.05, 4.69) is 5.32 Å². The lowest BCUT2D eigenvalue weighted by Gasteiger charge is -2.10. The van der Waals surface area contributed by atoms with Gasteiger partial charge in [0, 0.05) is 0 Å². The Hall–Kier alpha value is -1.82. The number of carboxylic acids is 1. The van der Waals surface area contributed by atoms with Gasteiger partial charge in [0.1, 0.15) is 5.76 Å². The van der Waals surface area contributed by atoms with Gasteiger partial charge in [-0.25, -0.2) is 4.79 Å². The number of nitrogens with two attached hydrogens (primary N) is 1. The third-order valence-corrected chi connectivity index (χ3v) is 2.51. The molecule has 6 nitrogen and oxygen atoms in total. The SMILES string of the molecule is CCCC[C@H](N)C(=O)NCc1ccc(C(=O)O)o1. The van der Waals surface area contributed by atoms with E-state index in [0.29, 0.717) is 12.2 Å². The van der Waals surface area contributed by atoms with E-state index in [9.17, 15) is 9.59 Å². The van der Waals surface area contributed by atoms with Crippen LogP contribution in [0.2, 0.25) is 0 Å². The van der Waals surface area contributed by atoms with Gasteiger partial charge in [0.2, 0.25) is 11.7 Å². The summed E-state index contributed by atoms with van der Waals surface area (Å²) in [5.74, 6) is -1.14. The van der Waals surface area contributed by atoms with Gasteiger partial charge in [-0.3, -0.25) is 4.79 Å². The van der Waals surface area contributed by atoms with Gasteiger partial charge in [-0.05, 0) is 18.6 Å². The molecule has 4 N–H and O–H groups in total. The standard InChI is InChI=1S/C12H18N2O4/c1-2-3-4-9(13)11(15)14-7-8-5-6-10(18-8)12(16)17/h5-6,9H,2-4,7,13H2,1H3,(H,14,15)(H,16,17)/t9-/m0/s1. The molecule has 0 unspecified atom stereocenters. The molecule has 0 saturated heterocycles. The summed E-state index contributed by atoms with van der Waals surface area (Å²) >= 11 is 0. The highest BCUT2D eigenvalue weighted by atomic mass is 16.4. The smallest absolute Gasteiger partial charge is 0.371 e. The Kier molecular flexibility index (Phi) is 5.38. The molecule has 0 aliphatic heterocycles. The minimum atomic E-state index is -1.13. The topological polar surface area (TPSA) is 106 Å². The number of unbranched alkanes of at least 4 members (excludes halogenated alkanes) is 1. The molecular formula is C12H18N2O4. The van der Waals surface area contributed by atoms with Crippen LogP contribution in [-0.4, -0.2) is 23.0 Å². The zero-order valence-electron chi connectivity index (χ0n) is 10.3. The van der Waals surface area contributed by atoms with Crippen LogP contribution in [0.5, 0.6) is 0 Å². The Morgan fingerprint density at radius 2 is 2.22 bits per heavy atom. The van der Waals surface area contributed by atoms with Crippen molar-refractivity contribution in [2.24, 2.45) is 5.73 Å². The molecule has 0 spiro atoms. The third kappa shape index (κ3) is 4.21. The molecule has 1 heterocycles. The molecule has 1 rings (SSSR count). The lowest BCUT2D eigenvalue weighted by atomic mass is 10.1. The molecule has 0 aliphatic carbocycles. The first-order valence-corrected chi connectivity index (χ1v) is 5.90. The summed E-state index contributed by atoms with van der Waals surface area (Å²) in [7, 11) is 0. The minimum absolute atomic E-state index is 0.144. The molecule has 0 aliphatic rings. The fraction of sp³-hybridized carbons (Fsp3) is 0.500. The monoisotopic (exact) mass is 254 g/mol. The highest BCUT2D eigenvalue weighted by Crippen LogP contribution is 2.07. The van der Waals surface area contributed by atoms with Crippen LogP contribution in [0.25, 0.3) is 0 Å². The first kappa shape index (κ1) is 14.2. The molecule has 100 valence electrons. The molecule has 0 saturated carbocycles. The van der Waals surface area contributed by atoms with E-state index >= 15 is 0 Å². The number of carboxylic acid groups (broad SMARTS) is 1. The summed E-state index contributed by atoms with van der Waals surface area (Å²) in [5.41, 5.74) is 5.68.